The fourth-order valence-electron chi connectivity index (χ4n) is 4.23. The number of halogens is 1. The van der Waals surface area contributed by atoms with E-state index in [1.807, 2.05) is 32.0 Å². The van der Waals surface area contributed by atoms with Crippen molar-refractivity contribution >= 4 is 44.6 Å². The van der Waals surface area contributed by atoms with Crippen molar-refractivity contribution in [3.63, 3.8) is 0 Å². The van der Waals surface area contributed by atoms with Gasteiger partial charge in [0.05, 0.1) is 16.3 Å². The number of carbonyl (C=O) groups is 1. The topological polar surface area (TPSA) is 78.5 Å². The zero-order chi connectivity index (χ0) is 24.3. The van der Waals surface area contributed by atoms with Crippen LogP contribution < -0.4 is 14.9 Å². The van der Waals surface area contributed by atoms with E-state index in [0.29, 0.717) is 22.0 Å². The highest BCUT2D eigenvalue weighted by molar-refractivity contribution is 7.92. The molecule has 34 heavy (non-hydrogen) atoms. The molecule has 0 radical (unpaired) electrons. The summed E-state index contributed by atoms with van der Waals surface area (Å²) in [7, 11) is -3.87. The molecule has 1 amide bonds. The quantitative estimate of drug-likeness (QED) is 0.437. The van der Waals surface area contributed by atoms with Gasteiger partial charge in [-0.3, -0.25) is 9.52 Å². The van der Waals surface area contributed by atoms with Crippen molar-refractivity contribution < 1.29 is 13.2 Å². The van der Waals surface area contributed by atoms with Gasteiger partial charge in [-0.05, 0) is 87.7 Å². The highest BCUT2D eigenvalue weighted by Gasteiger charge is 2.21. The van der Waals surface area contributed by atoms with E-state index in [-0.39, 0.29) is 10.8 Å². The molecule has 0 saturated carbocycles. The Kier molecular flexibility index (Phi) is 7.14. The normalized spacial score (nSPS) is 14.0. The maximum absolute atomic E-state index is 13.1. The number of sulfonamides is 1. The first-order valence-electron chi connectivity index (χ1n) is 11.3. The number of carbonyl (C=O) groups excluding carboxylic acids is 1. The van der Waals surface area contributed by atoms with Crippen LogP contribution in [0, 0.1) is 13.8 Å². The molecule has 8 heteroatoms. The molecule has 1 aliphatic rings. The second kappa shape index (κ2) is 10.1. The number of rotatable bonds is 6. The Labute approximate surface area is 206 Å². The minimum absolute atomic E-state index is 0.0685. The van der Waals surface area contributed by atoms with Gasteiger partial charge in [-0.2, -0.15) is 0 Å². The number of amides is 1. The fraction of sp³-hybridized carbons (Fsp3) is 0.269. The monoisotopic (exact) mass is 497 g/mol. The van der Waals surface area contributed by atoms with Gasteiger partial charge in [-0.25, -0.2) is 8.42 Å². The van der Waals surface area contributed by atoms with E-state index < -0.39 is 10.0 Å². The molecule has 6 nitrogen and oxygen atoms in total. The third-order valence-corrected chi connectivity index (χ3v) is 7.43. The number of benzene rings is 3. The molecule has 3 aromatic rings. The van der Waals surface area contributed by atoms with Crippen LogP contribution in [0.5, 0.6) is 0 Å². The van der Waals surface area contributed by atoms with Crippen LogP contribution in [0.4, 0.5) is 17.1 Å². The molecular weight excluding hydrogens is 470 g/mol. The summed E-state index contributed by atoms with van der Waals surface area (Å²) in [6, 6.07) is 17.0. The molecule has 1 saturated heterocycles. The largest absolute Gasteiger partial charge is 0.370 e. The Hall–Kier alpha value is -3.03. The summed E-state index contributed by atoms with van der Waals surface area (Å²) >= 11 is 5.91. The van der Waals surface area contributed by atoms with Crippen molar-refractivity contribution in [2.75, 3.05) is 28.0 Å². The van der Waals surface area contributed by atoms with E-state index in [1.165, 1.54) is 6.07 Å². The Morgan fingerprint density at radius 1 is 0.882 bits per heavy atom. The number of aryl methyl sites for hydroxylation is 2. The molecule has 2 N–H and O–H groups in total. The van der Waals surface area contributed by atoms with E-state index in [0.717, 1.165) is 49.2 Å². The summed E-state index contributed by atoms with van der Waals surface area (Å²) < 4.78 is 28.8. The van der Waals surface area contributed by atoms with Gasteiger partial charge >= 0.3 is 0 Å². The smallest absolute Gasteiger partial charge is 0.261 e. The van der Waals surface area contributed by atoms with Crippen LogP contribution in [0.3, 0.4) is 0 Å². The molecule has 0 spiro atoms. The Morgan fingerprint density at radius 2 is 1.53 bits per heavy atom. The minimum atomic E-state index is -3.87. The number of hydrogen-bond acceptors (Lipinski definition) is 4. The molecule has 1 aliphatic heterocycles. The van der Waals surface area contributed by atoms with Crippen molar-refractivity contribution in [2.45, 2.75) is 38.0 Å². The highest BCUT2D eigenvalue weighted by Crippen LogP contribution is 2.32. The van der Waals surface area contributed by atoms with Crippen LogP contribution >= 0.6 is 11.6 Å². The zero-order valence-electron chi connectivity index (χ0n) is 19.3. The number of nitrogens with zero attached hydrogens (tertiary/aromatic N) is 1. The molecule has 0 unspecified atom stereocenters. The van der Waals surface area contributed by atoms with Crippen molar-refractivity contribution in [1.82, 2.24) is 0 Å². The second-order valence-electron chi connectivity index (χ2n) is 8.67. The van der Waals surface area contributed by atoms with Crippen molar-refractivity contribution in [1.29, 1.82) is 0 Å². The number of anilines is 3. The van der Waals surface area contributed by atoms with Gasteiger partial charge in [0.1, 0.15) is 0 Å². The first-order valence-corrected chi connectivity index (χ1v) is 13.1. The average molecular weight is 498 g/mol. The third kappa shape index (κ3) is 5.72. The Morgan fingerprint density at radius 3 is 2.18 bits per heavy atom. The summed E-state index contributed by atoms with van der Waals surface area (Å²) in [4.78, 5) is 15.4. The lowest BCUT2D eigenvalue weighted by atomic mass is 10.1. The number of nitrogens with one attached hydrogen (secondary N) is 2. The van der Waals surface area contributed by atoms with Crippen molar-refractivity contribution in [2.24, 2.45) is 0 Å². The van der Waals surface area contributed by atoms with Crippen LogP contribution in [0.25, 0.3) is 0 Å². The first kappa shape index (κ1) is 24.1. The predicted octanol–water partition coefficient (Wildman–Crippen LogP) is 6.00. The van der Waals surface area contributed by atoms with Gasteiger partial charge in [-0.1, -0.05) is 28.8 Å². The third-order valence-electron chi connectivity index (χ3n) is 5.80. The second-order valence-corrected chi connectivity index (χ2v) is 10.8. The molecule has 0 bridgehead atoms. The summed E-state index contributed by atoms with van der Waals surface area (Å²) in [5, 5.41) is 3.49. The molecule has 1 fully saturated rings. The fourth-order valence-corrected chi connectivity index (χ4v) is 5.44. The molecule has 1 heterocycles. The summed E-state index contributed by atoms with van der Waals surface area (Å²) in [6.07, 6.45) is 3.28. The van der Waals surface area contributed by atoms with Gasteiger partial charge in [0.15, 0.2) is 0 Å². The summed E-state index contributed by atoms with van der Waals surface area (Å²) in [6.45, 7) is 5.61. The summed E-state index contributed by atoms with van der Waals surface area (Å²) in [5.41, 5.74) is 4.22. The molecule has 0 atom stereocenters. The highest BCUT2D eigenvalue weighted by atomic mass is 35.5. The van der Waals surface area contributed by atoms with Crippen LogP contribution in [0.15, 0.2) is 65.6 Å². The Balaban J connectivity index is 1.68. The van der Waals surface area contributed by atoms with Crippen LogP contribution in [0.2, 0.25) is 5.02 Å². The first-order chi connectivity index (χ1) is 16.2. The predicted molar refractivity (Wildman–Crippen MR) is 139 cm³/mol. The lowest BCUT2D eigenvalue weighted by Gasteiger charge is -2.31. The van der Waals surface area contributed by atoms with E-state index in [1.54, 1.807) is 36.4 Å². The Bertz CT molecular complexity index is 1280. The van der Waals surface area contributed by atoms with Gasteiger partial charge in [-0.15, -0.1) is 0 Å². The van der Waals surface area contributed by atoms with Crippen molar-refractivity contribution in [3.8, 4) is 0 Å². The van der Waals surface area contributed by atoms with Gasteiger partial charge in [0.25, 0.3) is 15.9 Å². The number of hydrogen-bond donors (Lipinski definition) is 2. The maximum atomic E-state index is 13.1. The van der Waals surface area contributed by atoms with E-state index in [2.05, 4.69) is 14.9 Å². The van der Waals surface area contributed by atoms with Gasteiger partial charge < -0.3 is 10.2 Å². The molecule has 0 aliphatic carbocycles. The molecule has 4 rings (SSSR count). The maximum Gasteiger partial charge on any atom is 0.261 e. The van der Waals surface area contributed by atoms with Crippen LogP contribution in [0.1, 0.15) is 40.7 Å². The summed E-state index contributed by atoms with van der Waals surface area (Å²) in [5.74, 6) is -0.273. The molecule has 0 aromatic heterocycles. The van der Waals surface area contributed by atoms with E-state index in [9.17, 15) is 13.2 Å². The molecule has 3 aromatic carbocycles. The van der Waals surface area contributed by atoms with E-state index >= 15 is 0 Å². The lowest BCUT2D eigenvalue weighted by Crippen LogP contribution is -2.30. The number of piperidine rings is 1. The minimum Gasteiger partial charge on any atom is -0.370 e. The SMILES string of the molecule is Cc1cc(C)cc(C(=O)Nc2cc(S(=O)(=O)Nc3ccc(Cl)cc3)ccc2N2CCCCC2)c1. The molecular formula is C26H28ClN3O3S. The standard InChI is InChI=1S/C26H28ClN3O3S/c1-18-14-19(2)16-20(15-18)26(31)28-24-17-23(10-11-25(24)30-12-4-3-5-13-30)34(32,33)29-22-8-6-21(27)7-9-22/h6-11,14-17,29H,3-5,12-13H2,1-2H3,(H,28,31). The van der Waals surface area contributed by atoms with Crippen LogP contribution in [-0.2, 0) is 10.0 Å². The van der Waals surface area contributed by atoms with E-state index in [4.69, 9.17) is 11.6 Å². The van der Waals surface area contributed by atoms with Gasteiger partial charge in [0, 0.05) is 29.4 Å². The van der Waals surface area contributed by atoms with Gasteiger partial charge in [0.2, 0.25) is 0 Å². The average Bonchev–Trinajstić information content (AvgIpc) is 2.80. The molecule has 178 valence electrons. The van der Waals surface area contributed by atoms with Crippen molar-refractivity contribution in [3.05, 3.63) is 82.4 Å². The zero-order valence-corrected chi connectivity index (χ0v) is 20.8. The lowest BCUT2D eigenvalue weighted by molar-refractivity contribution is 0.102. The van der Waals surface area contributed by atoms with Crippen LogP contribution in [-0.4, -0.2) is 27.4 Å².